The highest BCUT2D eigenvalue weighted by molar-refractivity contribution is 7.13. The molecule has 0 aliphatic carbocycles. The molecule has 3 aromatic rings. The van der Waals surface area contributed by atoms with E-state index in [1.165, 1.54) is 23.4 Å². The van der Waals surface area contributed by atoms with Crippen LogP contribution < -0.4 is 5.56 Å². The Morgan fingerprint density at radius 1 is 1.42 bits per heavy atom. The number of aromatic nitrogens is 5. The van der Waals surface area contributed by atoms with Crippen molar-refractivity contribution in [2.45, 2.75) is 25.3 Å². The number of aromatic amines is 1. The van der Waals surface area contributed by atoms with E-state index in [2.05, 4.69) is 20.1 Å². The molecule has 8 nitrogen and oxygen atoms in total. The Kier molecular flexibility index (Phi) is 4.61. The van der Waals surface area contributed by atoms with Gasteiger partial charge in [0.2, 0.25) is 5.91 Å². The van der Waals surface area contributed by atoms with Crippen LogP contribution in [0.1, 0.15) is 24.6 Å². The minimum Gasteiger partial charge on any atom is -0.340 e. The van der Waals surface area contributed by atoms with Gasteiger partial charge in [-0.25, -0.2) is 14.6 Å². The summed E-state index contributed by atoms with van der Waals surface area (Å²) in [5.41, 5.74) is 0.522. The van der Waals surface area contributed by atoms with Crippen molar-refractivity contribution in [1.82, 2.24) is 29.6 Å². The Morgan fingerprint density at radius 2 is 2.35 bits per heavy atom. The lowest BCUT2D eigenvalue weighted by Gasteiger charge is -2.32. The summed E-state index contributed by atoms with van der Waals surface area (Å²) < 4.78 is 1.52. The van der Waals surface area contributed by atoms with Gasteiger partial charge in [0.05, 0.1) is 10.6 Å². The van der Waals surface area contributed by atoms with Gasteiger partial charge in [0.15, 0.2) is 0 Å². The summed E-state index contributed by atoms with van der Waals surface area (Å²) in [7, 11) is 0. The van der Waals surface area contributed by atoms with Crippen LogP contribution in [0.25, 0.3) is 10.6 Å². The molecule has 1 aliphatic rings. The van der Waals surface area contributed by atoms with Crippen molar-refractivity contribution in [1.29, 1.82) is 0 Å². The summed E-state index contributed by atoms with van der Waals surface area (Å²) in [6.45, 7) is 1.43. The Morgan fingerprint density at radius 3 is 3.12 bits per heavy atom. The minimum atomic E-state index is -0.163. The van der Waals surface area contributed by atoms with Crippen LogP contribution in [0.3, 0.4) is 0 Å². The molecule has 1 atom stereocenters. The average Bonchev–Trinajstić information content (AvgIpc) is 3.35. The van der Waals surface area contributed by atoms with Crippen LogP contribution >= 0.6 is 11.3 Å². The SMILES string of the molecule is O=C(Cn1cncn1)N1CCC[C@@H](c2nc(-c3cccs3)cc(=O)[nH]2)C1. The topological polar surface area (TPSA) is 96.8 Å². The highest BCUT2D eigenvalue weighted by Gasteiger charge is 2.27. The van der Waals surface area contributed by atoms with Crippen molar-refractivity contribution < 1.29 is 4.79 Å². The minimum absolute atomic E-state index is 0.00282. The lowest BCUT2D eigenvalue weighted by molar-refractivity contribution is -0.133. The normalized spacial score (nSPS) is 17.4. The Bertz CT molecular complexity index is 935. The highest BCUT2D eigenvalue weighted by Crippen LogP contribution is 2.27. The maximum atomic E-state index is 12.5. The Hall–Kier alpha value is -2.81. The van der Waals surface area contributed by atoms with E-state index in [1.807, 2.05) is 22.4 Å². The monoisotopic (exact) mass is 370 g/mol. The lowest BCUT2D eigenvalue weighted by Crippen LogP contribution is -2.41. The number of H-pyrrole nitrogens is 1. The van der Waals surface area contributed by atoms with Crippen molar-refractivity contribution in [2.75, 3.05) is 13.1 Å². The quantitative estimate of drug-likeness (QED) is 0.751. The summed E-state index contributed by atoms with van der Waals surface area (Å²) in [4.78, 5) is 38.7. The lowest BCUT2D eigenvalue weighted by atomic mass is 9.97. The maximum absolute atomic E-state index is 12.5. The number of carbonyl (C=O) groups excluding carboxylic acids is 1. The third-order valence-electron chi connectivity index (χ3n) is 4.46. The molecule has 0 aromatic carbocycles. The Balaban J connectivity index is 1.52. The second kappa shape index (κ2) is 7.20. The first-order chi connectivity index (χ1) is 12.7. The van der Waals surface area contributed by atoms with Crippen molar-refractivity contribution in [3.63, 3.8) is 0 Å². The summed E-state index contributed by atoms with van der Waals surface area (Å²) in [5, 5.41) is 5.94. The maximum Gasteiger partial charge on any atom is 0.251 e. The van der Waals surface area contributed by atoms with Crippen LogP contribution in [0.4, 0.5) is 0 Å². The smallest absolute Gasteiger partial charge is 0.251 e. The molecule has 1 saturated heterocycles. The van der Waals surface area contributed by atoms with E-state index in [1.54, 1.807) is 11.3 Å². The molecular formula is C17H18N6O2S. The van der Waals surface area contributed by atoms with Gasteiger partial charge in [0.25, 0.3) is 5.56 Å². The van der Waals surface area contributed by atoms with Gasteiger partial charge in [-0.2, -0.15) is 5.10 Å². The largest absolute Gasteiger partial charge is 0.340 e. The first kappa shape index (κ1) is 16.6. The van der Waals surface area contributed by atoms with Crippen LogP contribution in [0.2, 0.25) is 0 Å². The van der Waals surface area contributed by atoms with Gasteiger partial charge in [-0.1, -0.05) is 6.07 Å². The van der Waals surface area contributed by atoms with E-state index in [4.69, 9.17) is 0 Å². The fraction of sp³-hybridized carbons (Fsp3) is 0.353. The molecule has 1 aliphatic heterocycles. The zero-order valence-electron chi connectivity index (χ0n) is 14.0. The number of nitrogens with zero attached hydrogens (tertiary/aromatic N) is 5. The van der Waals surface area contributed by atoms with Gasteiger partial charge in [0, 0.05) is 25.1 Å². The number of hydrogen-bond acceptors (Lipinski definition) is 6. The van der Waals surface area contributed by atoms with Gasteiger partial charge in [-0.3, -0.25) is 9.59 Å². The summed E-state index contributed by atoms with van der Waals surface area (Å²) in [6, 6.07) is 5.41. The van der Waals surface area contributed by atoms with E-state index < -0.39 is 0 Å². The number of piperidine rings is 1. The molecule has 1 N–H and O–H groups in total. The summed E-state index contributed by atoms with van der Waals surface area (Å²) in [6.07, 6.45) is 4.71. The van der Waals surface area contributed by atoms with Gasteiger partial charge < -0.3 is 9.88 Å². The average molecular weight is 370 g/mol. The number of amides is 1. The number of thiophene rings is 1. The molecule has 0 saturated carbocycles. The molecule has 0 spiro atoms. The van der Waals surface area contributed by atoms with Gasteiger partial charge in [0.1, 0.15) is 25.0 Å². The molecule has 4 rings (SSSR count). The molecular weight excluding hydrogens is 352 g/mol. The third kappa shape index (κ3) is 3.57. The standard InChI is InChI=1S/C17H18N6O2S/c24-15-7-13(14-4-2-6-26-14)20-17(21-15)12-3-1-5-22(8-12)16(25)9-23-11-18-10-19-23/h2,4,6-7,10-12H,1,3,5,8-9H2,(H,20,21,24)/t12-/m1/s1. The number of hydrogen-bond donors (Lipinski definition) is 1. The van der Waals surface area contributed by atoms with Crippen LogP contribution in [-0.4, -0.2) is 48.6 Å². The van der Waals surface area contributed by atoms with Gasteiger partial charge in [-0.05, 0) is 24.3 Å². The molecule has 0 unspecified atom stereocenters. The number of carbonyl (C=O) groups is 1. The van der Waals surface area contributed by atoms with Crippen LogP contribution in [0.5, 0.6) is 0 Å². The molecule has 4 heterocycles. The third-order valence-corrected chi connectivity index (χ3v) is 5.35. The van der Waals surface area contributed by atoms with E-state index in [9.17, 15) is 9.59 Å². The Labute approximate surface area is 153 Å². The predicted molar refractivity (Wildman–Crippen MR) is 96.7 cm³/mol. The summed E-state index contributed by atoms with van der Waals surface area (Å²) in [5.74, 6) is 0.673. The first-order valence-corrected chi connectivity index (χ1v) is 9.32. The molecule has 0 bridgehead atoms. The van der Waals surface area contributed by atoms with Crippen molar-refractivity contribution in [3.05, 3.63) is 52.4 Å². The zero-order valence-corrected chi connectivity index (χ0v) is 14.9. The second-order valence-corrected chi connectivity index (χ2v) is 7.21. The van der Waals surface area contributed by atoms with Crippen molar-refractivity contribution in [2.24, 2.45) is 0 Å². The molecule has 0 radical (unpaired) electrons. The molecule has 1 fully saturated rings. The first-order valence-electron chi connectivity index (χ1n) is 8.44. The van der Waals surface area contributed by atoms with Crippen LogP contribution in [0, 0.1) is 0 Å². The second-order valence-electron chi connectivity index (χ2n) is 6.27. The van der Waals surface area contributed by atoms with Gasteiger partial charge in [-0.15, -0.1) is 11.3 Å². The van der Waals surface area contributed by atoms with Gasteiger partial charge >= 0.3 is 0 Å². The number of nitrogens with one attached hydrogen (secondary N) is 1. The molecule has 9 heteroatoms. The molecule has 1 amide bonds. The highest BCUT2D eigenvalue weighted by atomic mass is 32.1. The summed E-state index contributed by atoms with van der Waals surface area (Å²) >= 11 is 1.55. The van der Waals surface area contributed by atoms with E-state index in [0.717, 1.165) is 17.7 Å². The van der Waals surface area contributed by atoms with Crippen molar-refractivity contribution in [3.8, 4) is 10.6 Å². The number of likely N-dealkylation sites (tertiary alicyclic amines) is 1. The van der Waals surface area contributed by atoms with E-state index >= 15 is 0 Å². The zero-order chi connectivity index (χ0) is 17.9. The molecule has 134 valence electrons. The van der Waals surface area contributed by atoms with Crippen LogP contribution in [-0.2, 0) is 11.3 Å². The fourth-order valence-corrected chi connectivity index (χ4v) is 3.89. The van der Waals surface area contributed by atoms with Crippen LogP contribution in [0.15, 0.2) is 41.0 Å². The fourth-order valence-electron chi connectivity index (χ4n) is 3.20. The van der Waals surface area contributed by atoms with Crippen molar-refractivity contribution >= 4 is 17.2 Å². The number of rotatable bonds is 4. The van der Waals surface area contributed by atoms with E-state index in [-0.39, 0.29) is 23.9 Å². The molecule has 26 heavy (non-hydrogen) atoms. The van der Waals surface area contributed by atoms with E-state index in [0.29, 0.717) is 24.6 Å². The predicted octanol–water partition coefficient (Wildman–Crippen LogP) is 1.50. The molecule has 3 aromatic heterocycles.